The SMILES string of the molecule is CC(=O)/C1=C/N(Cc2ccccc2)CCc2nc(-c3ccccc3)[nH]c(=O)c2C1. The summed E-state index contributed by atoms with van der Waals surface area (Å²) in [6.45, 7) is 2.94. The van der Waals surface area contributed by atoms with E-state index in [1.54, 1.807) is 6.92 Å². The van der Waals surface area contributed by atoms with Crippen molar-refractivity contribution in [1.82, 2.24) is 14.9 Å². The molecule has 0 spiro atoms. The Hall–Kier alpha value is -3.47. The number of H-pyrrole nitrogens is 1. The smallest absolute Gasteiger partial charge is 0.254 e. The molecule has 1 aliphatic heterocycles. The number of nitrogens with one attached hydrogen (secondary N) is 1. The molecule has 0 amide bonds. The van der Waals surface area contributed by atoms with E-state index in [4.69, 9.17) is 4.98 Å². The molecule has 1 aliphatic rings. The maximum atomic E-state index is 12.8. The van der Waals surface area contributed by atoms with E-state index in [1.807, 2.05) is 54.7 Å². The zero-order chi connectivity index (χ0) is 20.2. The fourth-order valence-corrected chi connectivity index (χ4v) is 3.59. The minimum atomic E-state index is -0.169. The lowest BCUT2D eigenvalue weighted by molar-refractivity contribution is -0.113. The van der Waals surface area contributed by atoms with Crippen molar-refractivity contribution in [2.75, 3.05) is 6.54 Å². The van der Waals surface area contributed by atoms with Gasteiger partial charge < -0.3 is 9.88 Å². The second kappa shape index (κ2) is 8.27. The second-order valence-corrected chi connectivity index (χ2v) is 7.30. The molecule has 1 N–H and O–H groups in total. The molecule has 146 valence electrons. The van der Waals surface area contributed by atoms with Crippen molar-refractivity contribution < 1.29 is 4.79 Å². The van der Waals surface area contributed by atoms with E-state index in [9.17, 15) is 9.59 Å². The molecule has 5 nitrogen and oxygen atoms in total. The Morgan fingerprint density at radius 3 is 2.45 bits per heavy atom. The number of aromatic amines is 1. The van der Waals surface area contributed by atoms with Crippen molar-refractivity contribution in [2.24, 2.45) is 0 Å². The van der Waals surface area contributed by atoms with Crippen LogP contribution in [0.25, 0.3) is 11.4 Å². The number of aromatic nitrogens is 2. The number of carbonyl (C=O) groups is 1. The molecular formula is C24H23N3O2. The summed E-state index contributed by atoms with van der Waals surface area (Å²) in [5.41, 5.74) is 3.86. The summed E-state index contributed by atoms with van der Waals surface area (Å²) in [4.78, 5) is 34.9. The Balaban J connectivity index is 1.71. The van der Waals surface area contributed by atoms with Crippen molar-refractivity contribution in [1.29, 1.82) is 0 Å². The Morgan fingerprint density at radius 1 is 1.07 bits per heavy atom. The van der Waals surface area contributed by atoms with E-state index < -0.39 is 0 Å². The number of allylic oxidation sites excluding steroid dienone is 1. The summed E-state index contributed by atoms with van der Waals surface area (Å²) in [6, 6.07) is 19.8. The molecule has 0 unspecified atom stereocenters. The topological polar surface area (TPSA) is 66.1 Å². The van der Waals surface area contributed by atoms with Gasteiger partial charge in [-0.3, -0.25) is 9.59 Å². The molecule has 0 saturated heterocycles. The van der Waals surface area contributed by atoms with E-state index in [0.717, 1.165) is 11.3 Å². The van der Waals surface area contributed by atoms with Crippen molar-refractivity contribution in [3.8, 4) is 11.4 Å². The Bertz CT molecular complexity index is 1100. The van der Waals surface area contributed by atoms with Gasteiger partial charge in [-0.2, -0.15) is 0 Å². The van der Waals surface area contributed by atoms with Gasteiger partial charge in [-0.25, -0.2) is 4.98 Å². The zero-order valence-corrected chi connectivity index (χ0v) is 16.4. The van der Waals surface area contributed by atoms with Crippen molar-refractivity contribution in [3.05, 3.63) is 99.6 Å². The van der Waals surface area contributed by atoms with Gasteiger partial charge in [-0.1, -0.05) is 60.7 Å². The molecular weight excluding hydrogens is 362 g/mol. The highest BCUT2D eigenvalue weighted by Gasteiger charge is 2.20. The van der Waals surface area contributed by atoms with Crippen LogP contribution in [0, 0.1) is 0 Å². The van der Waals surface area contributed by atoms with Crippen LogP contribution in [-0.2, 0) is 24.2 Å². The first-order valence-corrected chi connectivity index (χ1v) is 9.77. The first kappa shape index (κ1) is 18.9. The van der Waals surface area contributed by atoms with Crippen LogP contribution < -0.4 is 5.56 Å². The standard InChI is InChI=1S/C24H23N3O2/c1-17(28)20-14-21-22(12-13-27(16-20)15-18-8-4-2-5-9-18)25-23(26-24(21)29)19-10-6-3-7-11-19/h2-11,16H,12-15H2,1H3,(H,25,26,29)/b20-16+. The Morgan fingerprint density at radius 2 is 1.76 bits per heavy atom. The average molecular weight is 385 g/mol. The molecule has 4 rings (SSSR count). The molecule has 2 heterocycles. The first-order valence-electron chi connectivity index (χ1n) is 9.77. The van der Waals surface area contributed by atoms with Crippen molar-refractivity contribution >= 4 is 5.78 Å². The number of rotatable bonds is 4. The third kappa shape index (κ3) is 4.35. The summed E-state index contributed by atoms with van der Waals surface area (Å²) in [5.74, 6) is 0.542. The Kier molecular flexibility index (Phi) is 5.38. The van der Waals surface area contributed by atoms with Crippen LogP contribution >= 0.6 is 0 Å². The lowest BCUT2D eigenvalue weighted by Crippen LogP contribution is -2.28. The largest absolute Gasteiger partial charge is 0.372 e. The Labute approximate surface area is 169 Å². The predicted octanol–water partition coefficient (Wildman–Crippen LogP) is 3.51. The lowest BCUT2D eigenvalue weighted by Gasteiger charge is -2.25. The highest BCUT2D eigenvalue weighted by molar-refractivity contribution is 5.93. The molecule has 3 aromatic rings. The molecule has 0 radical (unpaired) electrons. The predicted molar refractivity (Wildman–Crippen MR) is 113 cm³/mol. The van der Waals surface area contributed by atoms with Gasteiger partial charge >= 0.3 is 0 Å². The molecule has 0 fully saturated rings. The summed E-state index contributed by atoms with van der Waals surface area (Å²) in [5, 5.41) is 0. The molecule has 0 bridgehead atoms. The minimum absolute atomic E-state index is 0.0255. The molecule has 0 atom stereocenters. The molecule has 5 heteroatoms. The number of hydrogen-bond acceptors (Lipinski definition) is 4. The van der Waals surface area contributed by atoms with Crippen LogP contribution in [0.1, 0.15) is 23.7 Å². The van der Waals surface area contributed by atoms with Gasteiger partial charge in [0, 0.05) is 48.8 Å². The van der Waals surface area contributed by atoms with Gasteiger partial charge in [0.15, 0.2) is 5.78 Å². The molecule has 0 aliphatic carbocycles. The molecule has 29 heavy (non-hydrogen) atoms. The fraction of sp³-hybridized carbons (Fsp3) is 0.208. The van der Waals surface area contributed by atoms with Crippen LogP contribution in [0.2, 0.25) is 0 Å². The fourth-order valence-electron chi connectivity index (χ4n) is 3.59. The van der Waals surface area contributed by atoms with Crippen molar-refractivity contribution in [3.63, 3.8) is 0 Å². The maximum absolute atomic E-state index is 12.8. The van der Waals surface area contributed by atoms with E-state index in [-0.39, 0.29) is 11.3 Å². The van der Waals surface area contributed by atoms with Gasteiger partial charge in [0.2, 0.25) is 0 Å². The number of hydrogen-bond donors (Lipinski definition) is 1. The molecule has 0 saturated carbocycles. The second-order valence-electron chi connectivity index (χ2n) is 7.30. The summed E-state index contributed by atoms with van der Waals surface area (Å²) < 4.78 is 0. The van der Waals surface area contributed by atoms with E-state index in [1.165, 1.54) is 5.56 Å². The summed E-state index contributed by atoms with van der Waals surface area (Å²) in [6.07, 6.45) is 2.85. The number of ketones is 1. The van der Waals surface area contributed by atoms with E-state index in [2.05, 4.69) is 22.0 Å². The van der Waals surface area contributed by atoms with E-state index in [0.29, 0.717) is 42.9 Å². The molecule has 2 aromatic carbocycles. The quantitative estimate of drug-likeness (QED) is 0.746. The van der Waals surface area contributed by atoms with Crippen LogP contribution in [0.3, 0.4) is 0 Å². The number of fused-ring (bicyclic) bond motifs is 1. The number of benzene rings is 2. The minimum Gasteiger partial charge on any atom is -0.372 e. The van der Waals surface area contributed by atoms with Crippen molar-refractivity contribution in [2.45, 2.75) is 26.3 Å². The zero-order valence-electron chi connectivity index (χ0n) is 16.4. The number of carbonyl (C=O) groups excluding carboxylic acids is 1. The highest BCUT2D eigenvalue weighted by atomic mass is 16.1. The van der Waals surface area contributed by atoms with Crippen LogP contribution in [-0.4, -0.2) is 27.2 Å². The third-order valence-corrected chi connectivity index (χ3v) is 5.17. The van der Waals surface area contributed by atoms with Gasteiger partial charge in [0.05, 0.1) is 5.69 Å². The summed E-state index contributed by atoms with van der Waals surface area (Å²) >= 11 is 0. The van der Waals surface area contributed by atoms with Gasteiger partial charge in [-0.05, 0) is 12.5 Å². The third-order valence-electron chi connectivity index (χ3n) is 5.17. The average Bonchev–Trinajstić information content (AvgIpc) is 2.72. The van der Waals surface area contributed by atoms with Gasteiger partial charge in [0.25, 0.3) is 5.56 Å². The maximum Gasteiger partial charge on any atom is 0.254 e. The van der Waals surface area contributed by atoms with Crippen LogP contribution in [0.4, 0.5) is 0 Å². The normalized spacial score (nSPS) is 15.6. The van der Waals surface area contributed by atoms with Crippen LogP contribution in [0.5, 0.6) is 0 Å². The number of Topliss-reactive ketones (excluding diaryl/α,β-unsaturated/α-hetero) is 1. The lowest BCUT2D eigenvalue weighted by atomic mass is 9.99. The van der Waals surface area contributed by atoms with Gasteiger partial charge in [0.1, 0.15) is 5.82 Å². The molecule has 1 aromatic heterocycles. The highest BCUT2D eigenvalue weighted by Crippen LogP contribution is 2.20. The van der Waals surface area contributed by atoms with Crippen LogP contribution in [0.15, 0.2) is 77.2 Å². The number of nitrogens with zero attached hydrogens (tertiary/aromatic N) is 2. The van der Waals surface area contributed by atoms with E-state index >= 15 is 0 Å². The van der Waals surface area contributed by atoms with Gasteiger partial charge in [-0.15, -0.1) is 0 Å². The monoisotopic (exact) mass is 385 g/mol. The summed E-state index contributed by atoms with van der Waals surface area (Å²) in [7, 11) is 0. The first-order chi connectivity index (χ1) is 14.1.